The van der Waals surface area contributed by atoms with E-state index in [-0.39, 0.29) is 34.1 Å². The van der Waals surface area contributed by atoms with Crippen molar-refractivity contribution in [3.63, 3.8) is 0 Å². The predicted octanol–water partition coefficient (Wildman–Crippen LogP) is 5.92. The number of halogens is 3. The molecule has 1 amide bonds. The SMILES string of the molecule is C[C@H](NC(=O)c1ccc2c(c1)c1c(C#N)cccc1c(=O)n2-c1ccc(C(F)(F)F)cc1)c1ccccn1. The largest absolute Gasteiger partial charge is 0.416 e. The Labute approximate surface area is 214 Å². The van der Waals surface area contributed by atoms with Crippen molar-refractivity contribution in [3.8, 4) is 11.8 Å². The van der Waals surface area contributed by atoms with Gasteiger partial charge in [-0.1, -0.05) is 12.1 Å². The molecule has 9 heteroatoms. The van der Waals surface area contributed by atoms with Crippen LogP contribution in [0.2, 0.25) is 0 Å². The number of pyridine rings is 2. The van der Waals surface area contributed by atoms with Gasteiger partial charge in [-0.3, -0.25) is 19.1 Å². The van der Waals surface area contributed by atoms with Crippen LogP contribution in [0.1, 0.15) is 40.1 Å². The highest BCUT2D eigenvalue weighted by atomic mass is 19.4. The van der Waals surface area contributed by atoms with E-state index in [1.165, 1.54) is 22.8 Å². The lowest BCUT2D eigenvalue weighted by atomic mass is 9.99. The molecule has 6 nitrogen and oxygen atoms in total. The summed E-state index contributed by atoms with van der Waals surface area (Å²) in [6.45, 7) is 1.80. The van der Waals surface area contributed by atoms with Crippen LogP contribution in [0.15, 0.2) is 89.9 Å². The number of nitrogens with one attached hydrogen (secondary N) is 1. The Hall–Kier alpha value is -4.97. The number of benzene rings is 3. The second kappa shape index (κ2) is 9.48. The van der Waals surface area contributed by atoms with Crippen LogP contribution >= 0.6 is 0 Å². The minimum Gasteiger partial charge on any atom is -0.344 e. The quantitative estimate of drug-likeness (QED) is 0.303. The zero-order valence-electron chi connectivity index (χ0n) is 20.0. The maximum Gasteiger partial charge on any atom is 0.416 e. The molecule has 0 aliphatic rings. The topological polar surface area (TPSA) is 87.8 Å². The van der Waals surface area contributed by atoms with Gasteiger partial charge in [0.15, 0.2) is 0 Å². The maximum atomic E-state index is 13.6. The second-order valence-corrected chi connectivity index (χ2v) is 8.71. The van der Waals surface area contributed by atoms with Crippen molar-refractivity contribution in [2.24, 2.45) is 0 Å². The third-order valence-corrected chi connectivity index (χ3v) is 6.32. The summed E-state index contributed by atoms with van der Waals surface area (Å²) in [6.07, 6.45) is -2.89. The Morgan fingerprint density at radius 1 is 1.00 bits per heavy atom. The van der Waals surface area contributed by atoms with Crippen molar-refractivity contribution in [1.82, 2.24) is 14.9 Å². The Morgan fingerprint density at radius 2 is 1.76 bits per heavy atom. The lowest BCUT2D eigenvalue weighted by Crippen LogP contribution is -2.27. The summed E-state index contributed by atoms with van der Waals surface area (Å²) in [5.74, 6) is -0.389. The molecule has 2 aromatic heterocycles. The smallest absolute Gasteiger partial charge is 0.344 e. The molecule has 5 rings (SSSR count). The van der Waals surface area contributed by atoms with Gasteiger partial charge in [-0.05, 0) is 73.7 Å². The van der Waals surface area contributed by atoms with Crippen molar-refractivity contribution in [3.05, 3.63) is 118 Å². The van der Waals surface area contributed by atoms with Gasteiger partial charge in [-0.25, -0.2) is 0 Å². The Morgan fingerprint density at radius 3 is 2.42 bits per heavy atom. The summed E-state index contributed by atoms with van der Waals surface area (Å²) in [5, 5.41) is 13.7. The summed E-state index contributed by atoms with van der Waals surface area (Å²) >= 11 is 0. The van der Waals surface area contributed by atoms with Crippen LogP contribution in [0, 0.1) is 11.3 Å². The van der Waals surface area contributed by atoms with Gasteiger partial charge >= 0.3 is 6.18 Å². The van der Waals surface area contributed by atoms with Crippen LogP contribution in [0.5, 0.6) is 0 Å². The minimum atomic E-state index is -4.52. The van der Waals surface area contributed by atoms with Crippen molar-refractivity contribution >= 4 is 27.6 Å². The maximum absolute atomic E-state index is 13.6. The molecule has 5 aromatic rings. The standard InChI is InChI=1S/C29H19F3N4O2/c1-17(24-7-2-3-14-34-24)35-27(37)18-8-13-25-23(15-18)26-19(16-33)5-4-6-22(26)28(38)36(25)21-11-9-20(10-12-21)29(30,31)32/h2-15,17H,1H3,(H,35,37)/t17-/m0/s1. The Balaban J connectivity index is 1.70. The molecular formula is C29H19F3N4O2. The first-order chi connectivity index (χ1) is 18.2. The fourth-order valence-electron chi connectivity index (χ4n) is 4.46. The number of alkyl halides is 3. The van der Waals surface area contributed by atoms with E-state index >= 15 is 0 Å². The van der Waals surface area contributed by atoms with E-state index in [2.05, 4.69) is 16.4 Å². The third kappa shape index (κ3) is 4.37. The molecule has 188 valence electrons. The van der Waals surface area contributed by atoms with Crippen molar-refractivity contribution in [2.45, 2.75) is 19.1 Å². The molecule has 0 aliphatic heterocycles. The number of carbonyl (C=O) groups is 1. The van der Waals surface area contributed by atoms with E-state index in [9.17, 15) is 28.0 Å². The van der Waals surface area contributed by atoms with Crippen molar-refractivity contribution < 1.29 is 18.0 Å². The van der Waals surface area contributed by atoms with E-state index in [1.807, 2.05) is 6.07 Å². The van der Waals surface area contributed by atoms with Crippen LogP contribution < -0.4 is 10.9 Å². The van der Waals surface area contributed by atoms with Gasteiger partial charge in [0, 0.05) is 33.6 Å². The number of nitriles is 1. The number of aromatic nitrogens is 2. The lowest BCUT2D eigenvalue weighted by molar-refractivity contribution is -0.137. The highest BCUT2D eigenvalue weighted by Gasteiger charge is 2.30. The van der Waals surface area contributed by atoms with Gasteiger partial charge in [-0.2, -0.15) is 18.4 Å². The lowest BCUT2D eigenvalue weighted by Gasteiger charge is -2.17. The molecular weight excluding hydrogens is 493 g/mol. The van der Waals surface area contributed by atoms with Gasteiger partial charge in [-0.15, -0.1) is 0 Å². The van der Waals surface area contributed by atoms with Gasteiger partial charge in [0.1, 0.15) is 0 Å². The molecule has 0 unspecified atom stereocenters. The number of carbonyl (C=O) groups excluding carboxylic acids is 1. The molecule has 0 bridgehead atoms. The monoisotopic (exact) mass is 512 g/mol. The van der Waals surface area contributed by atoms with Crippen LogP contribution in [-0.2, 0) is 6.18 Å². The molecule has 0 aliphatic carbocycles. The summed E-state index contributed by atoms with van der Waals surface area (Å²) in [4.78, 5) is 31.0. The van der Waals surface area contributed by atoms with Crippen LogP contribution in [0.4, 0.5) is 13.2 Å². The molecule has 2 heterocycles. The molecule has 3 aromatic carbocycles. The molecule has 1 N–H and O–H groups in total. The molecule has 0 fully saturated rings. The number of fused-ring (bicyclic) bond motifs is 3. The molecule has 38 heavy (non-hydrogen) atoms. The predicted molar refractivity (Wildman–Crippen MR) is 137 cm³/mol. The summed E-state index contributed by atoms with van der Waals surface area (Å²) in [5.41, 5.74) is 0.431. The fourth-order valence-corrected chi connectivity index (χ4v) is 4.46. The average Bonchev–Trinajstić information content (AvgIpc) is 2.92. The fraction of sp³-hybridized carbons (Fsp3) is 0.103. The third-order valence-electron chi connectivity index (χ3n) is 6.32. The molecule has 0 spiro atoms. The average molecular weight is 512 g/mol. The van der Waals surface area contributed by atoms with Gasteiger partial charge in [0.05, 0.1) is 34.4 Å². The number of amides is 1. The zero-order chi connectivity index (χ0) is 27.0. The molecule has 1 atom stereocenters. The molecule has 0 radical (unpaired) electrons. The van der Waals surface area contributed by atoms with E-state index in [0.29, 0.717) is 22.0 Å². The molecule has 0 saturated carbocycles. The summed E-state index contributed by atoms with van der Waals surface area (Å²) in [7, 11) is 0. The van der Waals surface area contributed by atoms with E-state index in [4.69, 9.17) is 0 Å². The Bertz CT molecular complexity index is 1790. The summed E-state index contributed by atoms with van der Waals surface area (Å²) < 4.78 is 40.7. The van der Waals surface area contributed by atoms with Crippen LogP contribution in [-0.4, -0.2) is 15.5 Å². The highest BCUT2D eigenvalue weighted by molar-refractivity contribution is 6.11. The number of nitrogens with zero attached hydrogens (tertiary/aromatic N) is 3. The van der Waals surface area contributed by atoms with Gasteiger partial charge in [0.2, 0.25) is 0 Å². The first-order valence-electron chi connectivity index (χ1n) is 11.6. The van der Waals surface area contributed by atoms with Crippen LogP contribution in [0.25, 0.3) is 27.4 Å². The highest BCUT2D eigenvalue weighted by Crippen LogP contribution is 2.32. The molecule has 0 saturated heterocycles. The van der Waals surface area contributed by atoms with Crippen LogP contribution in [0.3, 0.4) is 0 Å². The number of hydrogen-bond donors (Lipinski definition) is 1. The van der Waals surface area contributed by atoms with E-state index < -0.39 is 17.3 Å². The van der Waals surface area contributed by atoms with Crippen molar-refractivity contribution in [2.75, 3.05) is 0 Å². The zero-order valence-corrected chi connectivity index (χ0v) is 20.0. The number of hydrogen-bond acceptors (Lipinski definition) is 4. The van der Waals surface area contributed by atoms with Gasteiger partial charge < -0.3 is 5.32 Å². The number of rotatable bonds is 4. The Kier molecular flexibility index (Phi) is 6.17. The summed E-state index contributed by atoms with van der Waals surface area (Å²) in [6, 6.07) is 20.7. The minimum absolute atomic E-state index is 0.204. The normalized spacial score (nSPS) is 12.3. The first-order valence-corrected chi connectivity index (χ1v) is 11.6. The van der Waals surface area contributed by atoms with E-state index in [1.54, 1.807) is 55.6 Å². The first kappa shape index (κ1) is 24.7. The second-order valence-electron chi connectivity index (χ2n) is 8.71. The van der Waals surface area contributed by atoms with Gasteiger partial charge in [0.25, 0.3) is 11.5 Å². The van der Waals surface area contributed by atoms with E-state index in [0.717, 1.165) is 12.1 Å². The van der Waals surface area contributed by atoms with Crippen molar-refractivity contribution in [1.29, 1.82) is 5.26 Å².